The van der Waals surface area contributed by atoms with Crippen LogP contribution in [-0.4, -0.2) is 69.2 Å². The number of rotatable bonds is 6. The van der Waals surface area contributed by atoms with Gasteiger partial charge in [0.25, 0.3) is 5.91 Å². The van der Waals surface area contributed by atoms with Crippen LogP contribution in [0.5, 0.6) is 0 Å². The Bertz CT molecular complexity index is 633. The Balaban J connectivity index is 1.53. The number of anilines is 1. The molecular weight excluding hydrogens is 325 g/mol. The fraction of sp³-hybridized carbons (Fsp3) is 0.529. The number of urea groups is 1. The summed E-state index contributed by atoms with van der Waals surface area (Å²) in [5, 5.41) is 8.75. The van der Waals surface area contributed by atoms with Gasteiger partial charge >= 0.3 is 6.03 Å². The number of hydrogen-bond acceptors (Lipinski definition) is 4. The number of nitrogens with one attached hydrogen (secondary N) is 3. The number of hydrogen-bond donors (Lipinski definition) is 3. The molecule has 0 saturated carbocycles. The topological polar surface area (TPSA) is 76.7 Å². The van der Waals surface area contributed by atoms with Gasteiger partial charge in [-0.1, -0.05) is 0 Å². The Morgan fingerprint density at radius 1 is 1.20 bits per heavy atom. The number of benzene rings is 1. The highest BCUT2D eigenvalue weighted by Crippen LogP contribution is 2.20. The number of halogens is 1. The van der Waals surface area contributed by atoms with Crippen LogP contribution in [0.1, 0.15) is 16.8 Å². The van der Waals surface area contributed by atoms with Crippen molar-refractivity contribution in [2.24, 2.45) is 0 Å². The van der Waals surface area contributed by atoms with Crippen molar-refractivity contribution in [2.75, 3.05) is 57.3 Å². The SMILES string of the molecule is O=C(NCCCN1CCNCC1)c1cc(N2CCNC2=O)ccc1F. The second-order valence-corrected chi connectivity index (χ2v) is 6.25. The van der Waals surface area contributed by atoms with Gasteiger partial charge in [-0.15, -0.1) is 0 Å². The minimum absolute atomic E-state index is 0.0284. The Morgan fingerprint density at radius 3 is 2.72 bits per heavy atom. The van der Waals surface area contributed by atoms with E-state index in [4.69, 9.17) is 0 Å². The van der Waals surface area contributed by atoms with Crippen LogP contribution in [-0.2, 0) is 0 Å². The van der Waals surface area contributed by atoms with Gasteiger partial charge in [0.1, 0.15) is 5.82 Å². The van der Waals surface area contributed by atoms with Crippen molar-refractivity contribution < 1.29 is 14.0 Å². The zero-order chi connectivity index (χ0) is 17.6. The summed E-state index contributed by atoms with van der Waals surface area (Å²) >= 11 is 0. The fourth-order valence-corrected chi connectivity index (χ4v) is 3.11. The maximum absolute atomic E-state index is 14.0. The Hall–Kier alpha value is -2.19. The lowest BCUT2D eigenvalue weighted by Gasteiger charge is -2.27. The molecule has 1 aromatic carbocycles. The van der Waals surface area contributed by atoms with E-state index in [1.807, 2.05) is 0 Å². The molecule has 7 nitrogen and oxygen atoms in total. The van der Waals surface area contributed by atoms with Crippen LogP contribution in [0.3, 0.4) is 0 Å². The van der Waals surface area contributed by atoms with Crippen LogP contribution in [0, 0.1) is 5.82 Å². The highest BCUT2D eigenvalue weighted by Gasteiger charge is 2.23. The van der Waals surface area contributed by atoms with Gasteiger partial charge in [0, 0.05) is 51.5 Å². The molecule has 0 aliphatic carbocycles. The van der Waals surface area contributed by atoms with E-state index >= 15 is 0 Å². The molecule has 0 aromatic heterocycles. The summed E-state index contributed by atoms with van der Waals surface area (Å²) in [5.41, 5.74) is 0.502. The van der Waals surface area contributed by atoms with Crippen molar-refractivity contribution in [1.82, 2.24) is 20.9 Å². The van der Waals surface area contributed by atoms with Crippen LogP contribution in [0.25, 0.3) is 0 Å². The summed E-state index contributed by atoms with van der Waals surface area (Å²) in [6.07, 6.45) is 0.821. The van der Waals surface area contributed by atoms with E-state index < -0.39 is 11.7 Å². The highest BCUT2D eigenvalue weighted by molar-refractivity contribution is 5.98. The van der Waals surface area contributed by atoms with Crippen LogP contribution in [0.4, 0.5) is 14.9 Å². The number of carbonyl (C=O) groups excluding carboxylic acids is 2. The Kier molecular flexibility index (Phi) is 5.83. The van der Waals surface area contributed by atoms with Crippen LogP contribution in [0.2, 0.25) is 0 Å². The largest absolute Gasteiger partial charge is 0.352 e. The molecule has 8 heteroatoms. The number of nitrogens with zero attached hydrogens (tertiary/aromatic N) is 2. The van der Waals surface area contributed by atoms with E-state index in [2.05, 4.69) is 20.9 Å². The van der Waals surface area contributed by atoms with E-state index in [0.29, 0.717) is 25.3 Å². The first-order valence-electron chi connectivity index (χ1n) is 8.71. The lowest BCUT2D eigenvalue weighted by atomic mass is 10.1. The van der Waals surface area contributed by atoms with Crippen LogP contribution in [0.15, 0.2) is 18.2 Å². The van der Waals surface area contributed by atoms with Gasteiger partial charge in [-0.05, 0) is 31.2 Å². The molecule has 2 aliphatic heterocycles. The van der Waals surface area contributed by atoms with Gasteiger partial charge in [-0.25, -0.2) is 9.18 Å². The normalized spacial score (nSPS) is 18.3. The predicted molar refractivity (Wildman–Crippen MR) is 93.4 cm³/mol. The minimum atomic E-state index is -0.581. The molecule has 0 atom stereocenters. The Morgan fingerprint density at radius 2 is 2.00 bits per heavy atom. The molecule has 0 bridgehead atoms. The molecule has 2 fully saturated rings. The summed E-state index contributed by atoms with van der Waals surface area (Å²) in [6, 6.07) is 3.96. The van der Waals surface area contributed by atoms with Gasteiger partial charge in [-0.3, -0.25) is 9.69 Å². The van der Waals surface area contributed by atoms with E-state index in [1.54, 1.807) is 0 Å². The molecule has 3 rings (SSSR count). The highest BCUT2D eigenvalue weighted by atomic mass is 19.1. The maximum Gasteiger partial charge on any atom is 0.321 e. The molecule has 1 aromatic rings. The number of piperazine rings is 1. The standard InChI is InChI=1S/C17H24FN5O2/c18-15-3-2-13(23-11-7-21-17(23)25)12-14(15)16(24)20-4-1-8-22-9-5-19-6-10-22/h2-3,12,19H,1,4-11H2,(H,20,24)(H,21,25). The minimum Gasteiger partial charge on any atom is -0.352 e. The zero-order valence-electron chi connectivity index (χ0n) is 14.2. The first kappa shape index (κ1) is 17.6. The quantitative estimate of drug-likeness (QED) is 0.649. The van der Waals surface area contributed by atoms with Crippen molar-refractivity contribution in [2.45, 2.75) is 6.42 Å². The first-order chi connectivity index (χ1) is 12.1. The average molecular weight is 349 g/mol. The van der Waals surface area contributed by atoms with Crippen LogP contribution >= 0.6 is 0 Å². The second kappa shape index (κ2) is 8.26. The fourth-order valence-electron chi connectivity index (χ4n) is 3.11. The van der Waals surface area contributed by atoms with Crippen molar-refractivity contribution in [3.63, 3.8) is 0 Å². The Labute approximate surface area is 146 Å². The van der Waals surface area contributed by atoms with Crippen molar-refractivity contribution in [3.8, 4) is 0 Å². The maximum atomic E-state index is 14.0. The van der Waals surface area contributed by atoms with Gasteiger partial charge in [0.15, 0.2) is 0 Å². The van der Waals surface area contributed by atoms with Gasteiger partial charge < -0.3 is 20.9 Å². The first-order valence-corrected chi connectivity index (χ1v) is 8.71. The molecule has 2 aliphatic rings. The van der Waals surface area contributed by atoms with E-state index in [-0.39, 0.29) is 11.6 Å². The summed E-state index contributed by atoms with van der Waals surface area (Å²) in [4.78, 5) is 27.8. The molecule has 2 saturated heterocycles. The van der Waals surface area contributed by atoms with Crippen molar-refractivity contribution in [3.05, 3.63) is 29.6 Å². The summed E-state index contributed by atoms with van der Waals surface area (Å²) in [5.74, 6) is -1.03. The van der Waals surface area contributed by atoms with Gasteiger partial charge in [-0.2, -0.15) is 0 Å². The lowest BCUT2D eigenvalue weighted by Crippen LogP contribution is -2.44. The summed E-state index contributed by atoms with van der Waals surface area (Å²) in [7, 11) is 0. The number of amides is 3. The smallest absolute Gasteiger partial charge is 0.321 e. The summed E-state index contributed by atoms with van der Waals surface area (Å²) < 4.78 is 14.0. The van der Waals surface area contributed by atoms with Crippen molar-refractivity contribution in [1.29, 1.82) is 0 Å². The summed E-state index contributed by atoms with van der Waals surface area (Å²) in [6.45, 7) is 6.49. The third-order valence-electron chi connectivity index (χ3n) is 4.51. The monoisotopic (exact) mass is 349 g/mol. The van der Waals surface area contributed by atoms with Crippen molar-refractivity contribution >= 4 is 17.6 Å². The molecular formula is C17H24FN5O2. The second-order valence-electron chi connectivity index (χ2n) is 6.25. The van der Waals surface area contributed by atoms with Gasteiger partial charge in [0.2, 0.25) is 0 Å². The molecule has 136 valence electrons. The average Bonchev–Trinajstić information content (AvgIpc) is 3.06. The molecule has 0 radical (unpaired) electrons. The third kappa shape index (κ3) is 4.46. The van der Waals surface area contributed by atoms with E-state index in [1.165, 1.54) is 23.1 Å². The zero-order valence-corrected chi connectivity index (χ0v) is 14.2. The lowest BCUT2D eigenvalue weighted by molar-refractivity contribution is 0.0947. The van der Waals surface area contributed by atoms with E-state index in [0.717, 1.165) is 39.1 Å². The number of carbonyl (C=O) groups is 2. The molecule has 25 heavy (non-hydrogen) atoms. The predicted octanol–water partition coefficient (Wildman–Crippen LogP) is 0.380. The molecule has 0 spiro atoms. The molecule has 2 heterocycles. The molecule has 3 amide bonds. The third-order valence-corrected chi connectivity index (χ3v) is 4.51. The van der Waals surface area contributed by atoms with Crippen LogP contribution < -0.4 is 20.9 Å². The molecule has 3 N–H and O–H groups in total. The van der Waals surface area contributed by atoms with Gasteiger partial charge in [0.05, 0.1) is 5.56 Å². The molecule has 0 unspecified atom stereocenters. The van der Waals surface area contributed by atoms with E-state index in [9.17, 15) is 14.0 Å².